The number of nitrogens with one attached hydrogen (secondary N) is 1. The van der Waals surface area contributed by atoms with Crippen LogP contribution in [0.3, 0.4) is 0 Å². The summed E-state index contributed by atoms with van der Waals surface area (Å²) in [5.74, 6) is 0.460. The fourth-order valence-electron chi connectivity index (χ4n) is 1.20. The maximum absolute atomic E-state index is 5.67. The Balaban J connectivity index is 2.78. The van der Waals surface area contributed by atoms with E-state index >= 15 is 0 Å². The van der Waals surface area contributed by atoms with E-state index in [9.17, 15) is 0 Å². The van der Waals surface area contributed by atoms with Crippen LogP contribution in [0.25, 0.3) is 0 Å². The predicted octanol–water partition coefficient (Wildman–Crippen LogP) is 1.96. The van der Waals surface area contributed by atoms with Crippen molar-refractivity contribution in [2.24, 2.45) is 0 Å². The Morgan fingerprint density at radius 1 is 1.54 bits per heavy atom. The molecule has 0 fully saturated rings. The van der Waals surface area contributed by atoms with Crippen molar-refractivity contribution in [1.82, 2.24) is 10.3 Å². The molecule has 0 amide bonds. The minimum absolute atomic E-state index is 0.460. The fourth-order valence-corrected chi connectivity index (χ4v) is 2.16. The fraction of sp³-hybridized carbons (Fsp3) is 0.667. The maximum atomic E-state index is 5.67. The van der Waals surface area contributed by atoms with Gasteiger partial charge in [-0.3, -0.25) is 0 Å². The highest BCUT2D eigenvalue weighted by Gasteiger charge is 2.11. The van der Waals surface area contributed by atoms with Gasteiger partial charge in [-0.1, -0.05) is 20.8 Å². The molecule has 1 aromatic rings. The summed E-state index contributed by atoms with van der Waals surface area (Å²) in [6.45, 7) is 8.25. The van der Waals surface area contributed by atoms with Gasteiger partial charge in [0.2, 0.25) is 0 Å². The minimum atomic E-state index is 0.460. The van der Waals surface area contributed by atoms with E-state index in [-0.39, 0.29) is 0 Å². The zero-order valence-corrected chi connectivity index (χ0v) is 9.24. The van der Waals surface area contributed by atoms with Crippen LogP contribution in [0, 0.1) is 0 Å². The van der Waals surface area contributed by atoms with Crippen LogP contribution in [0.2, 0.25) is 0 Å². The Bertz CT molecular complexity index is 268. The lowest BCUT2D eigenvalue weighted by Gasteiger charge is -2.04. The van der Waals surface area contributed by atoms with Gasteiger partial charge in [0.15, 0.2) is 5.13 Å². The standard InChI is InChI=1S/C9H17N3S/c1-4-11-5-7-8(6(2)3)12-9(10)13-7/h6,11H,4-5H2,1-3H3,(H2,10,12). The van der Waals surface area contributed by atoms with E-state index in [0.717, 1.165) is 18.8 Å². The third kappa shape index (κ3) is 2.67. The predicted molar refractivity (Wildman–Crippen MR) is 58.0 cm³/mol. The summed E-state index contributed by atoms with van der Waals surface area (Å²) in [6.07, 6.45) is 0. The highest BCUT2D eigenvalue weighted by atomic mass is 32.1. The van der Waals surface area contributed by atoms with Crippen molar-refractivity contribution in [3.63, 3.8) is 0 Å². The molecule has 0 atom stereocenters. The molecule has 0 aromatic carbocycles. The van der Waals surface area contributed by atoms with Gasteiger partial charge in [-0.2, -0.15) is 0 Å². The Morgan fingerprint density at radius 3 is 2.77 bits per heavy atom. The van der Waals surface area contributed by atoms with Crippen LogP contribution < -0.4 is 11.1 Å². The summed E-state index contributed by atoms with van der Waals surface area (Å²) < 4.78 is 0. The van der Waals surface area contributed by atoms with Gasteiger partial charge < -0.3 is 11.1 Å². The van der Waals surface area contributed by atoms with E-state index in [1.165, 1.54) is 4.88 Å². The van der Waals surface area contributed by atoms with Crippen LogP contribution in [0.15, 0.2) is 0 Å². The quantitative estimate of drug-likeness (QED) is 0.779. The van der Waals surface area contributed by atoms with Crippen LogP contribution in [-0.2, 0) is 6.54 Å². The van der Waals surface area contributed by atoms with Crippen LogP contribution in [-0.4, -0.2) is 11.5 Å². The average Bonchev–Trinajstić information content (AvgIpc) is 2.43. The normalized spacial score (nSPS) is 11.1. The Morgan fingerprint density at radius 2 is 2.23 bits per heavy atom. The van der Waals surface area contributed by atoms with Gasteiger partial charge in [0.25, 0.3) is 0 Å². The molecule has 0 saturated carbocycles. The molecule has 4 heteroatoms. The summed E-state index contributed by atoms with van der Waals surface area (Å²) in [4.78, 5) is 5.59. The van der Waals surface area contributed by atoms with Gasteiger partial charge in [-0.05, 0) is 12.5 Å². The first-order valence-electron chi connectivity index (χ1n) is 4.61. The molecule has 0 spiro atoms. The Kier molecular flexibility index (Phi) is 3.69. The van der Waals surface area contributed by atoms with Crippen molar-refractivity contribution < 1.29 is 0 Å². The second-order valence-corrected chi connectivity index (χ2v) is 4.41. The van der Waals surface area contributed by atoms with Crippen molar-refractivity contribution in [1.29, 1.82) is 0 Å². The first kappa shape index (κ1) is 10.5. The number of hydrogen-bond donors (Lipinski definition) is 2. The number of nitrogens with two attached hydrogens (primary N) is 1. The molecule has 0 bridgehead atoms. The number of aromatic nitrogens is 1. The second-order valence-electron chi connectivity index (χ2n) is 3.30. The zero-order valence-electron chi connectivity index (χ0n) is 8.42. The SMILES string of the molecule is CCNCc1sc(N)nc1C(C)C. The summed E-state index contributed by atoms with van der Waals surface area (Å²) in [6, 6.07) is 0. The van der Waals surface area contributed by atoms with Crippen LogP contribution in [0.5, 0.6) is 0 Å². The number of rotatable bonds is 4. The molecule has 3 N–H and O–H groups in total. The smallest absolute Gasteiger partial charge is 0.180 e. The van der Waals surface area contributed by atoms with Crippen molar-refractivity contribution in [2.45, 2.75) is 33.2 Å². The molecule has 0 aliphatic carbocycles. The molecular formula is C9H17N3S. The van der Waals surface area contributed by atoms with Gasteiger partial charge in [0, 0.05) is 11.4 Å². The lowest BCUT2D eigenvalue weighted by atomic mass is 10.1. The lowest BCUT2D eigenvalue weighted by Crippen LogP contribution is -2.12. The average molecular weight is 199 g/mol. The summed E-state index contributed by atoms with van der Waals surface area (Å²) in [5, 5.41) is 3.97. The van der Waals surface area contributed by atoms with Crippen LogP contribution in [0.4, 0.5) is 5.13 Å². The maximum Gasteiger partial charge on any atom is 0.180 e. The second kappa shape index (κ2) is 4.58. The number of hydrogen-bond acceptors (Lipinski definition) is 4. The lowest BCUT2D eigenvalue weighted by molar-refractivity contribution is 0.714. The molecule has 1 aromatic heterocycles. The highest BCUT2D eigenvalue weighted by Crippen LogP contribution is 2.26. The first-order chi connectivity index (χ1) is 6.15. The third-order valence-electron chi connectivity index (χ3n) is 1.83. The molecule has 1 heterocycles. The molecule has 3 nitrogen and oxygen atoms in total. The van der Waals surface area contributed by atoms with Crippen molar-refractivity contribution in [3.05, 3.63) is 10.6 Å². The number of thiazole rings is 1. The Hall–Kier alpha value is -0.610. The molecule has 0 unspecified atom stereocenters. The molecule has 0 aliphatic rings. The largest absolute Gasteiger partial charge is 0.375 e. The van der Waals surface area contributed by atoms with E-state index in [4.69, 9.17) is 5.73 Å². The van der Waals surface area contributed by atoms with Gasteiger partial charge in [-0.25, -0.2) is 4.98 Å². The molecule has 0 radical (unpaired) electrons. The van der Waals surface area contributed by atoms with Gasteiger partial charge in [-0.15, -0.1) is 11.3 Å². The molecular weight excluding hydrogens is 182 g/mol. The molecule has 1 rings (SSSR count). The van der Waals surface area contributed by atoms with Crippen molar-refractivity contribution in [3.8, 4) is 0 Å². The summed E-state index contributed by atoms with van der Waals surface area (Å²) in [7, 11) is 0. The zero-order chi connectivity index (χ0) is 9.84. The van der Waals surface area contributed by atoms with Gasteiger partial charge in [0.1, 0.15) is 0 Å². The number of anilines is 1. The van der Waals surface area contributed by atoms with Crippen LogP contribution >= 0.6 is 11.3 Å². The molecule has 74 valence electrons. The summed E-state index contributed by atoms with van der Waals surface area (Å²) >= 11 is 1.59. The van der Waals surface area contributed by atoms with E-state index in [1.54, 1.807) is 11.3 Å². The molecule has 0 aliphatic heterocycles. The van der Waals surface area contributed by atoms with E-state index in [1.807, 2.05) is 0 Å². The summed E-state index contributed by atoms with van der Waals surface area (Å²) in [5.41, 5.74) is 6.81. The molecule has 0 saturated heterocycles. The first-order valence-corrected chi connectivity index (χ1v) is 5.42. The van der Waals surface area contributed by atoms with E-state index in [2.05, 4.69) is 31.1 Å². The minimum Gasteiger partial charge on any atom is -0.375 e. The van der Waals surface area contributed by atoms with Crippen molar-refractivity contribution in [2.75, 3.05) is 12.3 Å². The number of nitrogens with zero attached hydrogens (tertiary/aromatic N) is 1. The van der Waals surface area contributed by atoms with Crippen molar-refractivity contribution >= 4 is 16.5 Å². The van der Waals surface area contributed by atoms with E-state index in [0.29, 0.717) is 11.0 Å². The van der Waals surface area contributed by atoms with Gasteiger partial charge in [0.05, 0.1) is 5.69 Å². The van der Waals surface area contributed by atoms with Gasteiger partial charge >= 0.3 is 0 Å². The third-order valence-corrected chi connectivity index (χ3v) is 2.73. The Labute approximate surface area is 83.4 Å². The monoisotopic (exact) mass is 199 g/mol. The van der Waals surface area contributed by atoms with E-state index < -0.39 is 0 Å². The topological polar surface area (TPSA) is 50.9 Å². The highest BCUT2D eigenvalue weighted by molar-refractivity contribution is 7.15. The molecule has 13 heavy (non-hydrogen) atoms. The number of nitrogen functional groups attached to an aromatic ring is 1. The van der Waals surface area contributed by atoms with Crippen LogP contribution in [0.1, 0.15) is 37.3 Å².